The zero-order valence-corrected chi connectivity index (χ0v) is 25.6. The van der Waals surface area contributed by atoms with Crippen molar-refractivity contribution in [3.8, 4) is 6.07 Å². The van der Waals surface area contributed by atoms with Gasteiger partial charge in [-0.1, -0.05) is 6.07 Å². The van der Waals surface area contributed by atoms with Gasteiger partial charge in [-0.05, 0) is 56.0 Å². The monoisotopic (exact) mass is 624 g/mol. The van der Waals surface area contributed by atoms with Crippen molar-refractivity contribution in [3.63, 3.8) is 0 Å². The second-order valence-electron chi connectivity index (χ2n) is 11.8. The van der Waals surface area contributed by atoms with E-state index in [9.17, 15) is 23.2 Å². The zero-order valence-electron chi connectivity index (χ0n) is 24.7. The number of benzene rings is 1. The number of nitriles is 1. The summed E-state index contributed by atoms with van der Waals surface area (Å²) >= 11 is 1.06. The van der Waals surface area contributed by atoms with Crippen LogP contribution < -0.4 is 10.6 Å². The van der Waals surface area contributed by atoms with Gasteiger partial charge >= 0.3 is 6.18 Å². The van der Waals surface area contributed by atoms with E-state index in [1.807, 2.05) is 6.07 Å². The van der Waals surface area contributed by atoms with Crippen molar-refractivity contribution < 1.29 is 18.0 Å². The van der Waals surface area contributed by atoms with Gasteiger partial charge < -0.3 is 15.2 Å². The molecule has 0 spiro atoms. The van der Waals surface area contributed by atoms with Crippen LogP contribution in [0.25, 0.3) is 21.1 Å². The summed E-state index contributed by atoms with van der Waals surface area (Å²) in [6.07, 6.45) is -2.05. The standard InChI is InChI=1S/C31H35F3N8OS/c1-19(41-10-7-36-28(43)17-41)15-42-23(14-35)11-25-20(2)21(3-4-27(25)42)16-40-8-5-22(6-9-40)39-29-26-12-24(13-31(32,33)34)44-30(26)38-18-37-29/h3-4,11-12,18-19,22H,5-10,13,15-17H2,1-2H3,(H,36,43)(H,37,38,39). The quantitative estimate of drug-likeness (QED) is 0.290. The molecule has 2 fully saturated rings. The maximum absolute atomic E-state index is 12.9. The Morgan fingerprint density at radius 3 is 2.70 bits per heavy atom. The lowest BCUT2D eigenvalue weighted by molar-refractivity contribution is -0.127. The second kappa shape index (κ2) is 12.3. The van der Waals surface area contributed by atoms with E-state index >= 15 is 0 Å². The minimum atomic E-state index is -4.26. The lowest BCUT2D eigenvalue weighted by Gasteiger charge is -2.33. The number of nitrogens with zero attached hydrogens (tertiary/aromatic N) is 6. The Morgan fingerprint density at radius 1 is 1.18 bits per heavy atom. The number of anilines is 1. The zero-order chi connectivity index (χ0) is 31.0. The molecule has 1 atom stereocenters. The van der Waals surface area contributed by atoms with E-state index in [1.54, 1.807) is 6.07 Å². The number of alkyl halides is 3. The fourth-order valence-corrected chi connectivity index (χ4v) is 7.40. The highest BCUT2D eigenvalue weighted by atomic mass is 32.1. The van der Waals surface area contributed by atoms with Gasteiger partial charge in [0.05, 0.1) is 18.4 Å². The van der Waals surface area contributed by atoms with Gasteiger partial charge in [-0.3, -0.25) is 14.6 Å². The molecule has 0 bridgehead atoms. The molecule has 44 heavy (non-hydrogen) atoms. The molecule has 6 rings (SSSR count). The molecule has 5 heterocycles. The second-order valence-corrected chi connectivity index (χ2v) is 13.0. The smallest absolute Gasteiger partial charge is 0.367 e. The lowest BCUT2D eigenvalue weighted by atomic mass is 10.0. The highest BCUT2D eigenvalue weighted by Crippen LogP contribution is 2.33. The number of aromatic nitrogens is 3. The molecule has 2 aliphatic rings. The Labute approximate surface area is 257 Å². The number of carbonyl (C=O) groups excluding carboxylic acids is 1. The van der Waals surface area contributed by atoms with Gasteiger partial charge in [-0.15, -0.1) is 11.3 Å². The number of carbonyl (C=O) groups is 1. The first-order valence-electron chi connectivity index (χ1n) is 14.9. The average molecular weight is 625 g/mol. The first-order chi connectivity index (χ1) is 21.1. The van der Waals surface area contributed by atoms with Gasteiger partial charge in [-0.25, -0.2) is 9.97 Å². The number of piperazine rings is 1. The number of aryl methyl sites for hydroxylation is 1. The Bertz CT molecular complexity index is 1720. The highest BCUT2D eigenvalue weighted by Gasteiger charge is 2.29. The fourth-order valence-electron chi connectivity index (χ4n) is 6.37. The summed E-state index contributed by atoms with van der Waals surface area (Å²) in [5, 5.41) is 18.0. The minimum Gasteiger partial charge on any atom is -0.367 e. The molecule has 2 saturated heterocycles. The summed E-state index contributed by atoms with van der Waals surface area (Å²) in [6.45, 7) is 9.20. The molecular formula is C31H35F3N8OS. The van der Waals surface area contributed by atoms with Crippen molar-refractivity contribution >= 4 is 44.2 Å². The van der Waals surface area contributed by atoms with Crippen LogP contribution in [0.1, 0.15) is 41.5 Å². The number of nitrogens with one attached hydrogen (secondary N) is 2. The van der Waals surface area contributed by atoms with Crippen molar-refractivity contribution in [2.75, 3.05) is 38.0 Å². The van der Waals surface area contributed by atoms with Crippen LogP contribution >= 0.6 is 11.3 Å². The van der Waals surface area contributed by atoms with Crippen LogP contribution in [-0.4, -0.2) is 81.2 Å². The van der Waals surface area contributed by atoms with E-state index in [2.05, 4.69) is 67.0 Å². The van der Waals surface area contributed by atoms with E-state index in [1.165, 1.54) is 17.5 Å². The summed E-state index contributed by atoms with van der Waals surface area (Å²) in [7, 11) is 0. The van der Waals surface area contributed by atoms with Crippen molar-refractivity contribution in [2.24, 2.45) is 0 Å². The van der Waals surface area contributed by atoms with E-state index < -0.39 is 12.6 Å². The van der Waals surface area contributed by atoms with E-state index in [4.69, 9.17) is 0 Å². The summed E-state index contributed by atoms with van der Waals surface area (Å²) in [5.41, 5.74) is 4.04. The third-order valence-corrected chi connectivity index (χ3v) is 9.84. The first kappa shape index (κ1) is 30.3. The van der Waals surface area contributed by atoms with Gasteiger partial charge in [0.15, 0.2) is 0 Å². The largest absolute Gasteiger partial charge is 0.393 e. The SMILES string of the molecule is Cc1c(CN2CCC(Nc3ncnc4sc(CC(F)(F)F)cc34)CC2)ccc2c1cc(C#N)n2CC(C)N1CCNC(=O)C1. The number of rotatable bonds is 8. The summed E-state index contributed by atoms with van der Waals surface area (Å²) in [4.78, 5) is 25.8. The minimum absolute atomic E-state index is 0.0357. The molecule has 13 heteroatoms. The molecule has 1 aromatic carbocycles. The molecule has 9 nitrogen and oxygen atoms in total. The number of likely N-dealkylation sites (tertiary alicyclic amines) is 1. The molecule has 0 radical (unpaired) electrons. The molecule has 0 saturated carbocycles. The Balaban J connectivity index is 1.10. The Kier molecular flexibility index (Phi) is 8.50. The number of hydrogen-bond donors (Lipinski definition) is 2. The first-order valence-corrected chi connectivity index (χ1v) is 15.7. The van der Waals surface area contributed by atoms with Crippen molar-refractivity contribution in [1.29, 1.82) is 5.26 Å². The molecule has 1 amide bonds. The van der Waals surface area contributed by atoms with Crippen molar-refractivity contribution in [1.82, 2.24) is 29.7 Å². The molecule has 0 aliphatic carbocycles. The third kappa shape index (κ3) is 6.52. The van der Waals surface area contributed by atoms with Crippen molar-refractivity contribution in [3.05, 3.63) is 52.3 Å². The van der Waals surface area contributed by atoms with Gasteiger partial charge in [0.25, 0.3) is 0 Å². The van der Waals surface area contributed by atoms with Crippen LogP contribution in [-0.2, 0) is 24.3 Å². The molecule has 2 N–H and O–H groups in total. The fraction of sp³-hybridized carbons (Fsp3) is 0.484. The molecular weight excluding hydrogens is 589 g/mol. The average Bonchev–Trinajstić information content (AvgIpc) is 3.56. The van der Waals surface area contributed by atoms with Gasteiger partial charge in [0.1, 0.15) is 28.7 Å². The number of fused-ring (bicyclic) bond motifs is 2. The highest BCUT2D eigenvalue weighted by molar-refractivity contribution is 7.18. The Hall–Kier alpha value is -3.73. The van der Waals surface area contributed by atoms with Gasteiger partial charge in [0, 0.05) is 67.1 Å². The molecule has 1 unspecified atom stereocenters. The van der Waals surface area contributed by atoms with E-state index in [0.717, 1.165) is 61.3 Å². The third-order valence-electron chi connectivity index (χ3n) is 8.80. The molecule has 4 aromatic rings. The normalized spacial score (nSPS) is 18.0. The van der Waals surface area contributed by atoms with Crippen LogP contribution in [0.15, 0.2) is 30.6 Å². The molecule has 3 aromatic heterocycles. The van der Waals surface area contributed by atoms with Gasteiger partial charge in [-0.2, -0.15) is 18.4 Å². The van der Waals surface area contributed by atoms with E-state index in [0.29, 0.717) is 41.4 Å². The predicted molar refractivity (Wildman–Crippen MR) is 165 cm³/mol. The van der Waals surface area contributed by atoms with Crippen LogP contribution in [0.4, 0.5) is 19.0 Å². The maximum Gasteiger partial charge on any atom is 0.393 e. The number of thiophene rings is 1. The van der Waals surface area contributed by atoms with Crippen LogP contribution in [0, 0.1) is 18.3 Å². The summed E-state index contributed by atoms with van der Waals surface area (Å²) < 4.78 is 40.8. The van der Waals surface area contributed by atoms with Crippen LogP contribution in [0.5, 0.6) is 0 Å². The van der Waals surface area contributed by atoms with Gasteiger partial charge in [0.2, 0.25) is 5.91 Å². The number of piperidine rings is 1. The summed E-state index contributed by atoms with van der Waals surface area (Å²) in [5.74, 6) is 0.628. The predicted octanol–water partition coefficient (Wildman–Crippen LogP) is 4.83. The lowest BCUT2D eigenvalue weighted by Crippen LogP contribution is -2.51. The molecule has 2 aliphatic heterocycles. The maximum atomic E-state index is 12.9. The van der Waals surface area contributed by atoms with Crippen molar-refractivity contribution in [2.45, 2.75) is 64.5 Å². The van der Waals surface area contributed by atoms with E-state index in [-0.39, 0.29) is 22.9 Å². The summed E-state index contributed by atoms with van der Waals surface area (Å²) in [6, 6.07) is 10.4. The van der Waals surface area contributed by atoms with Crippen LogP contribution in [0.2, 0.25) is 0 Å². The topological polar surface area (TPSA) is 102 Å². The number of halogens is 3. The molecule has 232 valence electrons. The Morgan fingerprint density at radius 2 is 1.98 bits per heavy atom. The van der Waals surface area contributed by atoms with Crippen LogP contribution in [0.3, 0.4) is 0 Å². The number of amides is 1. The number of hydrogen-bond acceptors (Lipinski definition) is 8.